The maximum absolute atomic E-state index is 11.6. The minimum atomic E-state index is -3.12. The van der Waals surface area contributed by atoms with Crippen molar-refractivity contribution in [2.24, 2.45) is 0 Å². The third-order valence-electron chi connectivity index (χ3n) is 2.12. The average Bonchev–Trinajstić information content (AvgIpc) is 2.39. The van der Waals surface area contributed by atoms with E-state index in [4.69, 9.17) is 20.4 Å². The summed E-state index contributed by atoms with van der Waals surface area (Å²) >= 11 is 2.58. The topological polar surface area (TPSA) is 115 Å². The van der Waals surface area contributed by atoms with Gasteiger partial charge in [-0.3, -0.25) is 0 Å². The van der Waals surface area contributed by atoms with E-state index in [9.17, 15) is 8.42 Å². The van der Waals surface area contributed by atoms with E-state index >= 15 is 0 Å². The van der Waals surface area contributed by atoms with Crippen LogP contribution in [0.4, 0.5) is 0 Å². The molecule has 0 aliphatic carbocycles. The van der Waals surface area contributed by atoms with Crippen LogP contribution in [-0.4, -0.2) is 88.8 Å². The fourth-order valence-corrected chi connectivity index (χ4v) is 5.28. The predicted octanol–water partition coefficient (Wildman–Crippen LogP) is -1.43. The first-order chi connectivity index (χ1) is 8.91. The molecule has 0 radical (unpaired) electrons. The molecule has 0 spiro atoms. The van der Waals surface area contributed by atoms with E-state index in [1.54, 1.807) is 0 Å². The van der Waals surface area contributed by atoms with Crippen molar-refractivity contribution in [1.29, 1.82) is 0 Å². The van der Waals surface area contributed by atoms with Crippen LogP contribution in [-0.2, 0) is 9.84 Å². The van der Waals surface area contributed by atoms with Crippen LogP contribution in [0.3, 0.4) is 0 Å². The third-order valence-corrected chi connectivity index (χ3v) is 6.51. The predicted molar refractivity (Wildman–Crippen MR) is 79.5 cm³/mol. The standard InChI is InChI=1S/C10H22O6S3/c11-5-9(13)7-17-1-3-19(15,16)4-2-18-8-10(14)6-12/h9-14H,1-8H2. The molecule has 116 valence electrons. The van der Waals surface area contributed by atoms with Gasteiger partial charge in [-0.25, -0.2) is 8.42 Å². The lowest BCUT2D eigenvalue weighted by atomic mass is 10.4. The van der Waals surface area contributed by atoms with Gasteiger partial charge in [0.1, 0.15) is 0 Å². The minimum absolute atomic E-state index is 0.0406. The zero-order chi connectivity index (χ0) is 14.7. The summed E-state index contributed by atoms with van der Waals surface area (Å²) in [4.78, 5) is 0. The molecule has 4 N–H and O–H groups in total. The quantitative estimate of drug-likeness (QED) is 0.321. The van der Waals surface area contributed by atoms with Crippen LogP contribution in [0.25, 0.3) is 0 Å². The molecule has 0 fully saturated rings. The second kappa shape index (κ2) is 11.2. The SMILES string of the molecule is O=S(=O)(CCSCC(O)CO)CCSCC(O)CO. The molecule has 0 amide bonds. The zero-order valence-corrected chi connectivity index (χ0v) is 13.1. The molecule has 6 nitrogen and oxygen atoms in total. The molecule has 0 bridgehead atoms. The van der Waals surface area contributed by atoms with Gasteiger partial charge < -0.3 is 20.4 Å². The molecule has 19 heavy (non-hydrogen) atoms. The van der Waals surface area contributed by atoms with Gasteiger partial charge in [-0.2, -0.15) is 23.5 Å². The summed E-state index contributed by atoms with van der Waals surface area (Å²) in [7, 11) is -3.12. The molecular formula is C10H22O6S3. The van der Waals surface area contributed by atoms with E-state index < -0.39 is 22.0 Å². The molecule has 0 saturated carbocycles. The summed E-state index contributed by atoms with van der Waals surface area (Å²) in [6.45, 7) is -0.632. The molecule has 2 unspecified atom stereocenters. The van der Waals surface area contributed by atoms with Crippen molar-refractivity contribution in [2.45, 2.75) is 12.2 Å². The summed E-state index contributed by atoms with van der Waals surface area (Å²) in [5.74, 6) is 1.51. The van der Waals surface area contributed by atoms with Gasteiger partial charge in [0.25, 0.3) is 0 Å². The van der Waals surface area contributed by atoms with Crippen LogP contribution in [0.5, 0.6) is 0 Å². The average molecular weight is 334 g/mol. The first-order valence-electron chi connectivity index (χ1n) is 5.85. The van der Waals surface area contributed by atoms with E-state index in [0.29, 0.717) is 23.0 Å². The van der Waals surface area contributed by atoms with Crippen molar-refractivity contribution in [3.05, 3.63) is 0 Å². The van der Waals surface area contributed by atoms with Crippen LogP contribution in [0.15, 0.2) is 0 Å². The Hall–Kier alpha value is 0.490. The van der Waals surface area contributed by atoms with E-state index in [1.807, 2.05) is 0 Å². The normalized spacial score (nSPS) is 15.4. The number of rotatable bonds is 12. The first-order valence-corrected chi connectivity index (χ1v) is 9.98. The van der Waals surface area contributed by atoms with Crippen molar-refractivity contribution in [2.75, 3.05) is 47.7 Å². The molecule has 0 saturated heterocycles. The molecule has 0 aromatic carbocycles. The third kappa shape index (κ3) is 12.0. The number of aliphatic hydroxyl groups excluding tert-OH is 4. The van der Waals surface area contributed by atoms with E-state index in [2.05, 4.69) is 0 Å². The Labute approximate surface area is 122 Å². The lowest BCUT2D eigenvalue weighted by molar-refractivity contribution is 0.113. The van der Waals surface area contributed by atoms with Crippen LogP contribution < -0.4 is 0 Å². The Morgan fingerprint density at radius 1 is 0.842 bits per heavy atom. The first kappa shape index (κ1) is 19.5. The summed E-state index contributed by atoms with van der Waals surface area (Å²) in [5, 5.41) is 35.3. The van der Waals surface area contributed by atoms with Crippen molar-refractivity contribution in [3.63, 3.8) is 0 Å². The maximum Gasteiger partial charge on any atom is 0.151 e. The van der Waals surface area contributed by atoms with Gasteiger partial charge in [0.15, 0.2) is 9.84 Å². The summed E-state index contributed by atoms with van der Waals surface area (Å²) < 4.78 is 23.2. The van der Waals surface area contributed by atoms with Crippen LogP contribution in [0.1, 0.15) is 0 Å². The van der Waals surface area contributed by atoms with Gasteiger partial charge in [0, 0.05) is 23.0 Å². The van der Waals surface area contributed by atoms with E-state index in [0.717, 1.165) is 0 Å². The number of hydrogen-bond donors (Lipinski definition) is 4. The van der Waals surface area contributed by atoms with E-state index in [1.165, 1.54) is 23.5 Å². The highest BCUT2D eigenvalue weighted by Crippen LogP contribution is 2.08. The molecular weight excluding hydrogens is 312 g/mol. The molecule has 0 rings (SSSR count). The summed E-state index contributed by atoms with van der Waals surface area (Å²) in [6, 6.07) is 0. The molecule has 0 aromatic rings. The fraction of sp³-hybridized carbons (Fsp3) is 1.00. The smallest absolute Gasteiger partial charge is 0.151 e. The molecule has 2 atom stereocenters. The van der Waals surface area contributed by atoms with Gasteiger partial charge in [0.05, 0.1) is 36.9 Å². The summed E-state index contributed by atoms with van der Waals surface area (Å²) in [5.41, 5.74) is 0. The molecule has 0 aliphatic rings. The van der Waals surface area contributed by atoms with Crippen LogP contribution in [0.2, 0.25) is 0 Å². The van der Waals surface area contributed by atoms with Crippen molar-refractivity contribution in [3.8, 4) is 0 Å². The number of thioether (sulfide) groups is 2. The molecule has 0 heterocycles. The van der Waals surface area contributed by atoms with Crippen molar-refractivity contribution >= 4 is 33.4 Å². The van der Waals surface area contributed by atoms with Gasteiger partial charge in [0.2, 0.25) is 0 Å². The molecule has 0 aromatic heterocycles. The monoisotopic (exact) mass is 334 g/mol. The lowest BCUT2D eigenvalue weighted by Crippen LogP contribution is -2.19. The number of hydrogen-bond acceptors (Lipinski definition) is 8. The largest absolute Gasteiger partial charge is 0.394 e. The maximum atomic E-state index is 11.6. The highest BCUT2D eigenvalue weighted by molar-refractivity contribution is 8.02. The Morgan fingerprint density at radius 2 is 1.21 bits per heavy atom. The van der Waals surface area contributed by atoms with Crippen molar-refractivity contribution < 1.29 is 28.8 Å². The van der Waals surface area contributed by atoms with Gasteiger partial charge in [-0.05, 0) is 0 Å². The molecule has 0 aliphatic heterocycles. The van der Waals surface area contributed by atoms with Crippen molar-refractivity contribution in [1.82, 2.24) is 0 Å². The molecule has 9 heteroatoms. The summed E-state index contributed by atoms with van der Waals surface area (Å²) in [6.07, 6.45) is -1.61. The minimum Gasteiger partial charge on any atom is -0.394 e. The number of sulfone groups is 1. The second-order valence-electron chi connectivity index (χ2n) is 3.97. The van der Waals surface area contributed by atoms with Crippen LogP contribution in [0, 0.1) is 0 Å². The fourth-order valence-electron chi connectivity index (χ4n) is 1.02. The highest BCUT2D eigenvalue weighted by atomic mass is 32.2. The van der Waals surface area contributed by atoms with Gasteiger partial charge in [-0.1, -0.05) is 0 Å². The van der Waals surface area contributed by atoms with Gasteiger partial charge >= 0.3 is 0 Å². The lowest BCUT2D eigenvalue weighted by Gasteiger charge is -2.08. The Morgan fingerprint density at radius 3 is 1.53 bits per heavy atom. The van der Waals surface area contributed by atoms with Crippen LogP contribution >= 0.6 is 23.5 Å². The van der Waals surface area contributed by atoms with Gasteiger partial charge in [-0.15, -0.1) is 0 Å². The number of aliphatic hydroxyl groups is 4. The highest BCUT2D eigenvalue weighted by Gasteiger charge is 2.12. The van der Waals surface area contributed by atoms with E-state index in [-0.39, 0.29) is 24.7 Å². The Balaban J connectivity index is 3.64. The zero-order valence-electron chi connectivity index (χ0n) is 10.6. The Bertz CT molecular complexity index is 284. The second-order valence-corrected chi connectivity index (χ2v) is 8.58. The Kier molecular flexibility index (Phi) is 11.5.